The van der Waals surface area contributed by atoms with Crippen LogP contribution in [0.15, 0.2) is 55.1 Å². The molecule has 1 N–H and O–H groups in total. The van der Waals surface area contributed by atoms with Gasteiger partial charge >= 0.3 is 6.36 Å². The molecule has 0 amide bonds. The van der Waals surface area contributed by atoms with Gasteiger partial charge < -0.3 is 9.84 Å². The summed E-state index contributed by atoms with van der Waals surface area (Å²) in [5.41, 5.74) is 0.620. The van der Waals surface area contributed by atoms with E-state index in [4.69, 9.17) is 0 Å². The van der Waals surface area contributed by atoms with Crippen molar-refractivity contribution in [3.63, 3.8) is 0 Å². The molecule has 2 aromatic carbocycles. The van der Waals surface area contributed by atoms with Gasteiger partial charge in [0.25, 0.3) is 0 Å². The van der Waals surface area contributed by atoms with Crippen LogP contribution in [0, 0.1) is 5.82 Å². The number of alkyl halides is 3. The second kappa shape index (κ2) is 7.37. The minimum absolute atomic E-state index is 0.000395. The summed E-state index contributed by atoms with van der Waals surface area (Å²) in [6.45, 7) is 1.74. The molecule has 2 atom stereocenters. The number of aromatic nitrogens is 6. The number of benzene rings is 2. The lowest BCUT2D eigenvalue weighted by Crippen LogP contribution is -2.40. The second-order valence-electron chi connectivity index (χ2n) is 7.71. The molecule has 0 bridgehead atoms. The molecule has 0 aliphatic heterocycles. The van der Waals surface area contributed by atoms with Gasteiger partial charge in [0.2, 0.25) is 0 Å². The molecular weight excluding hydrogens is 444 g/mol. The predicted molar refractivity (Wildman–Crippen MR) is 106 cm³/mol. The summed E-state index contributed by atoms with van der Waals surface area (Å²) >= 11 is 0. The standard InChI is InChI=1S/C21H16F4N6O2/c1-12-18-19(31(29-28-18)14-3-5-15(6-4-14)33-21(23,24)25)16-7-2-13(22)8-17(16)20(12,32)9-30-11-26-10-27-30/h2-8,10-12,32H,9H2,1H3. The van der Waals surface area contributed by atoms with Crippen molar-refractivity contribution in [2.45, 2.75) is 31.3 Å². The zero-order chi connectivity index (χ0) is 23.4. The van der Waals surface area contributed by atoms with Crippen LogP contribution in [0.5, 0.6) is 5.75 Å². The normalized spacial score (nSPS) is 19.8. The molecule has 0 saturated heterocycles. The summed E-state index contributed by atoms with van der Waals surface area (Å²) in [5.74, 6) is -1.53. The first kappa shape index (κ1) is 21.1. The Hall–Kier alpha value is -3.80. The highest BCUT2D eigenvalue weighted by atomic mass is 19.4. The fourth-order valence-electron chi connectivity index (χ4n) is 4.13. The molecule has 170 valence electrons. The fraction of sp³-hybridized carbons (Fsp3) is 0.238. The van der Waals surface area contributed by atoms with E-state index in [1.54, 1.807) is 6.92 Å². The molecule has 33 heavy (non-hydrogen) atoms. The summed E-state index contributed by atoms with van der Waals surface area (Å²) in [6, 6.07) is 9.16. The van der Waals surface area contributed by atoms with Crippen LogP contribution in [-0.2, 0) is 12.1 Å². The molecule has 2 aromatic heterocycles. The maximum absolute atomic E-state index is 14.3. The smallest absolute Gasteiger partial charge is 0.406 e. The summed E-state index contributed by atoms with van der Waals surface area (Å²) in [6.07, 6.45) is -2.03. The number of rotatable bonds is 4. The van der Waals surface area contributed by atoms with E-state index in [0.29, 0.717) is 28.2 Å². The number of halogens is 4. The number of hydrogen-bond donors (Lipinski definition) is 1. The fourth-order valence-corrected chi connectivity index (χ4v) is 4.13. The highest BCUT2D eigenvalue weighted by Gasteiger charge is 2.47. The summed E-state index contributed by atoms with van der Waals surface area (Å²) in [7, 11) is 0. The molecule has 5 rings (SSSR count). The minimum atomic E-state index is -4.80. The Morgan fingerprint density at radius 1 is 1.15 bits per heavy atom. The minimum Gasteiger partial charge on any atom is -0.406 e. The van der Waals surface area contributed by atoms with Crippen LogP contribution in [0.2, 0.25) is 0 Å². The Morgan fingerprint density at radius 2 is 1.91 bits per heavy atom. The Bertz CT molecular complexity index is 1300. The number of fused-ring (bicyclic) bond motifs is 3. The van der Waals surface area contributed by atoms with Gasteiger partial charge in [0.15, 0.2) is 0 Å². The third-order valence-corrected chi connectivity index (χ3v) is 5.71. The molecule has 0 spiro atoms. The predicted octanol–water partition coefficient (Wildman–Crippen LogP) is 3.57. The molecular formula is C21H16F4N6O2. The molecule has 8 nitrogen and oxygen atoms in total. The molecule has 0 saturated carbocycles. The average Bonchev–Trinajstić information content (AvgIpc) is 3.42. The zero-order valence-corrected chi connectivity index (χ0v) is 17.0. The van der Waals surface area contributed by atoms with E-state index >= 15 is 0 Å². The summed E-state index contributed by atoms with van der Waals surface area (Å²) in [4.78, 5) is 3.89. The van der Waals surface area contributed by atoms with Gasteiger partial charge in [-0.3, -0.25) is 0 Å². The molecule has 12 heteroatoms. The van der Waals surface area contributed by atoms with Gasteiger partial charge in [-0.1, -0.05) is 12.1 Å². The van der Waals surface area contributed by atoms with Gasteiger partial charge in [-0.2, -0.15) is 5.10 Å². The van der Waals surface area contributed by atoms with Crippen molar-refractivity contribution in [2.24, 2.45) is 0 Å². The van der Waals surface area contributed by atoms with Crippen LogP contribution in [0.1, 0.15) is 24.1 Å². The van der Waals surface area contributed by atoms with Crippen molar-refractivity contribution in [3.8, 4) is 22.7 Å². The van der Waals surface area contributed by atoms with Gasteiger partial charge in [-0.25, -0.2) is 18.7 Å². The van der Waals surface area contributed by atoms with Crippen LogP contribution in [-0.4, -0.2) is 41.2 Å². The topological polar surface area (TPSA) is 90.9 Å². The average molecular weight is 460 g/mol. The number of ether oxygens (including phenoxy) is 1. The third-order valence-electron chi connectivity index (χ3n) is 5.71. The summed E-state index contributed by atoms with van der Waals surface area (Å²) in [5, 5.41) is 24.2. The number of nitrogens with zero attached hydrogens (tertiary/aromatic N) is 6. The Morgan fingerprint density at radius 3 is 2.58 bits per heavy atom. The van der Waals surface area contributed by atoms with Crippen molar-refractivity contribution in [2.75, 3.05) is 0 Å². The van der Waals surface area contributed by atoms with Crippen LogP contribution < -0.4 is 4.74 Å². The van der Waals surface area contributed by atoms with Crippen molar-refractivity contribution < 1.29 is 27.4 Å². The van der Waals surface area contributed by atoms with E-state index in [1.165, 1.54) is 52.4 Å². The SMILES string of the molecule is CC1c2nnn(-c3ccc(OC(F)(F)F)cc3)c2-c2ccc(F)cc2C1(O)Cn1cncn1. The van der Waals surface area contributed by atoms with Gasteiger partial charge in [0, 0.05) is 11.5 Å². The van der Waals surface area contributed by atoms with Crippen molar-refractivity contribution >= 4 is 0 Å². The second-order valence-corrected chi connectivity index (χ2v) is 7.71. The Labute approximate surface area is 184 Å². The van der Waals surface area contributed by atoms with Gasteiger partial charge in [-0.05, 0) is 48.0 Å². The summed E-state index contributed by atoms with van der Waals surface area (Å²) < 4.78 is 58.5. The van der Waals surface area contributed by atoms with E-state index in [1.807, 2.05) is 0 Å². The molecule has 0 radical (unpaired) electrons. The molecule has 4 aromatic rings. The van der Waals surface area contributed by atoms with Crippen LogP contribution in [0.4, 0.5) is 17.6 Å². The van der Waals surface area contributed by atoms with Crippen LogP contribution in [0.3, 0.4) is 0 Å². The van der Waals surface area contributed by atoms with Crippen LogP contribution >= 0.6 is 0 Å². The highest BCUT2D eigenvalue weighted by Crippen LogP contribution is 2.49. The van der Waals surface area contributed by atoms with E-state index in [-0.39, 0.29) is 12.3 Å². The van der Waals surface area contributed by atoms with E-state index in [0.717, 1.165) is 12.1 Å². The van der Waals surface area contributed by atoms with E-state index in [2.05, 4.69) is 25.1 Å². The highest BCUT2D eigenvalue weighted by molar-refractivity contribution is 5.73. The molecule has 1 aliphatic rings. The third kappa shape index (κ3) is 3.61. The Kier molecular flexibility index (Phi) is 4.71. The lowest BCUT2D eigenvalue weighted by molar-refractivity contribution is -0.274. The first-order valence-electron chi connectivity index (χ1n) is 9.83. The monoisotopic (exact) mass is 460 g/mol. The van der Waals surface area contributed by atoms with E-state index < -0.39 is 23.7 Å². The molecule has 0 fully saturated rings. The Balaban J connectivity index is 1.61. The van der Waals surface area contributed by atoms with Gasteiger partial charge in [0.1, 0.15) is 29.8 Å². The lowest BCUT2D eigenvalue weighted by Gasteiger charge is -2.38. The van der Waals surface area contributed by atoms with E-state index in [9.17, 15) is 22.7 Å². The van der Waals surface area contributed by atoms with Crippen molar-refractivity contribution in [3.05, 3.63) is 72.2 Å². The molecule has 2 unspecified atom stereocenters. The first-order valence-corrected chi connectivity index (χ1v) is 9.83. The number of hydrogen-bond acceptors (Lipinski definition) is 6. The number of aliphatic hydroxyl groups is 1. The van der Waals surface area contributed by atoms with Crippen LogP contribution in [0.25, 0.3) is 16.9 Å². The quantitative estimate of drug-likeness (QED) is 0.469. The van der Waals surface area contributed by atoms with Gasteiger partial charge in [-0.15, -0.1) is 18.3 Å². The largest absolute Gasteiger partial charge is 0.573 e. The molecule has 2 heterocycles. The molecule has 1 aliphatic carbocycles. The maximum atomic E-state index is 14.3. The zero-order valence-electron chi connectivity index (χ0n) is 17.0. The lowest BCUT2D eigenvalue weighted by atomic mass is 9.72. The maximum Gasteiger partial charge on any atom is 0.573 e. The van der Waals surface area contributed by atoms with Crippen molar-refractivity contribution in [1.82, 2.24) is 29.8 Å². The first-order chi connectivity index (χ1) is 15.7. The van der Waals surface area contributed by atoms with Crippen molar-refractivity contribution in [1.29, 1.82) is 0 Å². The van der Waals surface area contributed by atoms with Gasteiger partial charge in [0.05, 0.1) is 23.6 Å².